The number of nitrogens with one attached hydrogen (secondary N) is 2. The molecule has 2 amide bonds. The van der Waals surface area contributed by atoms with E-state index in [1.807, 2.05) is 104 Å². The summed E-state index contributed by atoms with van der Waals surface area (Å²) < 4.78 is 105. The standard InChI is InChI=1S/C56H65ClF3N5O8S3/c1-54(2,3)73-53(68)65-35-28-55(29-36-65)26-33-63(34-27-55)30-25-43(38-74-45-9-5-4-6-10-45)61-49-22-21-46(37-50(49)75(69,70)56(58,59)60)76(71,72)62-52(67)41-15-19-44(20-16-41)64-31-23-40(24-32-64)51(66)48-12-8-7-11-47(48)39-13-17-42(57)18-14-39/h4-22,37,40,43,51,61,66H,23-36,38H2,1-3H3,(H,62,67)/t43?,51-/m1/s1. The van der Waals surface area contributed by atoms with E-state index in [0.29, 0.717) is 68.8 Å². The Morgan fingerprint density at radius 2 is 1.42 bits per heavy atom. The van der Waals surface area contributed by atoms with Crippen molar-refractivity contribution in [3.05, 3.63) is 137 Å². The number of anilines is 2. The molecule has 3 aliphatic heterocycles. The highest BCUT2D eigenvalue weighted by Gasteiger charge is 2.49. The molecule has 3 fully saturated rings. The quantitative estimate of drug-likeness (QED) is 0.0802. The summed E-state index contributed by atoms with van der Waals surface area (Å²) in [6.45, 7) is 10.1. The second kappa shape index (κ2) is 23.7. The molecular formula is C56H65ClF3N5O8S3. The fourth-order valence-corrected chi connectivity index (χ4v) is 13.4. The number of rotatable bonds is 16. The van der Waals surface area contributed by atoms with E-state index in [2.05, 4.69) is 15.1 Å². The van der Waals surface area contributed by atoms with E-state index < -0.39 is 64.5 Å². The maximum absolute atomic E-state index is 14.4. The Balaban J connectivity index is 0.911. The van der Waals surface area contributed by atoms with Crippen LogP contribution in [0.15, 0.2) is 136 Å². The summed E-state index contributed by atoms with van der Waals surface area (Å²) in [5.74, 6) is -0.756. The van der Waals surface area contributed by atoms with Crippen LogP contribution in [0.3, 0.4) is 0 Å². The van der Waals surface area contributed by atoms with Crippen LogP contribution in [-0.4, -0.2) is 112 Å². The highest BCUT2D eigenvalue weighted by molar-refractivity contribution is 7.99. The van der Waals surface area contributed by atoms with Gasteiger partial charge in [0.25, 0.3) is 25.8 Å². The number of alkyl halides is 3. The van der Waals surface area contributed by atoms with Gasteiger partial charge in [0.2, 0.25) is 0 Å². The van der Waals surface area contributed by atoms with Crippen LogP contribution in [0.1, 0.15) is 87.7 Å². The third-order valence-electron chi connectivity index (χ3n) is 14.7. The average molecular weight is 1120 g/mol. The number of nitrogens with zero attached hydrogens (tertiary/aromatic N) is 3. The Morgan fingerprint density at radius 3 is 2.05 bits per heavy atom. The number of halogens is 4. The lowest BCUT2D eigenvalue weighted by molar-refractivity contribution is -0.0436. The molecule has 3 saturated heterocycles. The van der Waals surface area contributed by atoms with Gasteiger partial charge in [-0.1, -0.05) is 66.2 Å². The highest BCUT2D eigenvalue weighted by Crippen LogP contribution is 2.43. The first-order valence-corrected chi connectivity index (χ1v) is 29.9. The predicted molar refractivity (Wildman–Crippen MR) is 292 cm³/mol. The number of carbonyl (C=O) groups excluding carboxylic acids is 2. The Labute approximate surface area is 453 Å². The van der Waals surface area contributed by atoms with Crippen molar-refractivity contribution in [1.29, 1.82) is 0 Å². The van der Waals surface area contributed by atoms with Crippen LogP contribution < -0.4 is 14.9 Å². The zero-order valence-electron chi connectivity index (χ0n) is 42.8. The molecule has 8 rings (SSSR count). The highest BCUT2D eigenvalue weighted by atomic mass is 35.5. The number of ether oxygens (including phenoxy) is 1. The van der Waals surface area contributed by atoms with Gasteiger partial charge in [-0.15, -0.1) is 11.8 Å². The molecule has 3 N–H and O–H groups in total. The summed E-state index contributed by atoms with van der Waals surface area (Å²) in [7, 11) is -11.0. The molecule has 2 atom stereocenters. The van der Waals surface area contributed by atoms with Gasteiger partial charge < -0.3 is 29.9 Å². The summed E-state index contributed by atoms with van der Waals surface area (Å²) in [5.41, 5.74) is -3.29. The van der Waals surface area contributed by atoms with Crippen LogP contribution >= 0.6 is 23.4 Å². The van der Waals surface area contributed by atoms with Crippen molar-refractivity contribution >= 4 is 66.6 Å². The second-order valence-corrected chi connectivity index (χ2v) is 26.1. The number of amides is 2. The molecular weight excluding hydrogens is 1060 g/mol. The van der Waals surface area contributed by atoms with E-state index in [-0.39, 0.29) is 23.0 Å². The number of likely N-dealkylation sites (tertiary alicyclic amines) is 2. The first-order valence-electron chi connectivity index (χ1n) is 25.5. The second-order valence-electron chi connectivity index (χ2n) is 21.0. The van der Waals surface area contributed by atoms with Gasteiger partial charge in [-0.05, 0) is 174 Å². The Hall–Kier alpha value is -5.31. The molecule has 0 radical (unpaired) electrons. The zero-order chi connectivity index (χ0) is 54.5. The van der Waals surface area contributed by atoms with Crippen molar-refractivity contribution in [2.75, 3.05) is 61.8 Å². The first-order chi connectivity index (χ1) is 36.0. The maximum atomic E-state index is 14.4. The van der Waals surface area contributed by atoms with Gasteiger partial charge in [0, 0.05) is 65.7 Å². The van der Waals surface area contributed by atoms with Crippen LogP contribution in [0.4, 0.5) is 29.3 Å². The van der Waals surface area contributed by atoms with Gasteiger partial charge in [0.15, 0.2) is 0 Å². The molecule has 3 aliphatic rings. The van der Waals surface area contributed by atoms with E-state index in [0.717, 1.165) is 78.2 Å². The van der Waals surface area contributed by atoms with E-state index in [4.69, 9.17) is 16.3 Å². The topological polar surface area (TPSA) is 166 Å². The van der Waals surface area contributed by atoms with Crippen molar-refractivity contribution in [1.82, 2.24) is 14.5 Å². The number of aliphatic hydroxyl groups is 1. The Kier molecular flexibility index (Phi) is 17.8. The fraction of sp³-hybridized carbons (Fsp3) is 0.429. The minimum Gasteiger partial charge on any atom is -0.444 e. The summed E-state index contributed by atoms with van der Waals surface area (Å²) in [6.07, 6.45) is 4.27. The predicted octanol–water partition coefficient (Wildman–Crippen LogP) is 11.4. The van der Waals surface area contributed by atoms with Crippen LogP contribution in [0.25, 0.3) is 11.1 Å². The molecule has 13 nitrogen and oxygen atoms in total. The zero-order valence-corrected chi connectivity index (χ0v) is 46.0. The van der Waals surface area contributed by atoms with Crippen molar-refractivity contribution in [3.8, 4) is 11.1 Å². The summed E-state index contributed by atoms with van der Waals surface area (Å²) in [5, 5.41) is 15.2. The van der Waals surface area contributed by atoms with Crippen LogP contribution in [-0.2, 0) is 24.6 Å². The lowest BCUT2D eigenvalue weighted by Crippen LogP contribution is -2.49. The molecule has 5 aromatic rings. The van der Waals surface area contributed by atoms with Crippen LogP contribution in [0, 0.1) is 11.3 Å². The van der Waals surface area contributed by atoms with E-state index in [9.17, 15) is 44.7 Å². The van der Waals surface area contributed by atoms with Crippen molar-refractivity contribution in [2.45, 2.75) is 104 Å². The van der Waals surface area contributed by atoms with Gasteiger partial charge in [-0.3, -0.25) is 4.79 Å². The van der Waals surface area contributed by atoms with E-state index in [1.165, 1.54) is 23.9 Å². The van der Waals surface area contributed by atoms with Gasteiger partial charge >= 0.3 is 11.6 Å². The molecule has 0 saturated carbocycles. The lowest BCUT2D eigenvalue weighted by atomic mass is 9.71. The fourth-order valence-electron chi connectivity index (χ4n) is 10.3. The van der Waals surface area contributed by atoms with Gasteiger partial charge in [0.1, 0.15) is 10.5 Å². The van der Waals surface area contributed by atoms with E-state index in [1.54, 1.807) is 17.0 Å². The number of carbonyl (C=O) groups is 2. The van der Waals surface area contributed by atoms with Gasteiger partial charge in [-0.2, -0.15) is 13.2 Å². The van der Waals surface area contributed by atoms with Crippen molar-refractivity contribution in [3.63, 3.8) is 0 Å². The monoisotopic (exact) mass is 1120 g/mol. The molecule has 0 bridgehead atoms. The summed E-state index contributed by atoms with van der Waals surface area (Å²) in [6, 6.07) is 32.6. The maximum Gasteiger partial charge on any atom is 0.501 e. The number of benzene rings is 5. The average Bonchev–Trinajstić information content (AvgIpc) is 3.39. The minimum atomic E-state index is -6.12. The lowest BCUT2D eigenvalue weighted by Gasteiger charge is -2.47. The molecule has 3 heterocycles. The number of piperidine rings is 3. The Bertz CT molecular complexity index is 3030. The number of aliphatic hydroxyl groups excluding tert-OH is 1. The minimum absolute atomic E-state index is 0.0272. The molecule has 76 heavy (non-hydrogen) atoms. The van der Waals surface area contributed by atoms with Crippen molar-refractivity contribution in [2.24, 2.45) is 11.3 Å². The summed E-state index contributed by atoms with van der Waals surface area (Å²) >= 11 is 7.56. The number of thioether (sulfide) groups is 1. The largest absolute Gasteiger partial charge is 0.501 e. The van der Waals surface area contributed by atoms with Crippen LogP contribution in [0.5, 0.6) is 0 Å². The third-order valence-corrected chi connectivity index (χ3v) is 19.0. The normalized spacial score (nSPS) is 17.7. The summed E-state index contributed by atoms with van der Waals surface area (Å²) in [4.78, 5) is 31.1. The van der Waals surface area contributed by atoms with Gasteiger partial charge in [-0.25, -0.2) is 26.4 Å². The molecule has 0 aliphatic carbocycles. The van der Waals surface area contributed by atoms with Crippen molar-refractivity contribution < 1.29 is 49.4 Å². The van der Waals surface area contributed by atoms with Gasteiger partial charge in [0.05, 0.1) is 16.7 Å². The first kappa shape index (κ1) is 56.9. The molecule has 408 valence electrons. The van der Waals surface area contributed by atoms with E-state index >= 15 is 0 Å². The number of hydrogen-bond acceptors (Lipinski definition) is 12. The SMILES string of the molecule is CC(C)(C)OC(=O)N1CCC2(CCN(CCC(CSc3ccccc3)Nc3ccc(S(=O)(=O)NC(=O)c4ccc(N5CCC([C@@H](O)c6ccccc6-c6ccc(Cl)cc6)CC5)cc4)cc3S(=O)(=O)C(F)(F)F)CC2)CC1. The molecule has 5 aromatic carbocycles. The Morgan fingerprint density at radius 1 is 0.803 bits per heavy atom. The molecule has 1 unspecified atom stereocenters. The third kappa shape index (κ3) is 14.0. The molecule has 0 aromatic heterocycles. The number of hydrogen-bond donors (Lipinski definition) is 3. The van der Waals surface area contributed by atoms with Crippen LogP contribution in [0.2, 0.25) is 5.02 Å². The number of sulfonamides is 1. The molecule has 1 spiro atoms. The smallest absolute Gasteiger partial charge is 0.444 e. The molecule has 20 heteroatoms. The number of sulfone groups is 1.